The molecule has 0 unspecified atom stereocenters. The molecule has 1 fully saturated rings. The predicted molar refractivity (Wildman–Crippen MR) is 68.5 cm³/mol. The number of hydrogen-bond acceptors (Lipinski definition) is 4. The first-order valence-corrected chi connectivity index (χ1v) is 6.19. The zero-order chi connectivity index (χ0) is 12.3. The van der Waals surface area contributed by atoms with Gasteiger partial charge in [0.15, 0.2) is 6.29 Å². The number of hydrogen-bond donors (Lipinski definition) is 2. The molecule has 1 aliphatic carbocycles. The first kappa shape index (κ1) is 12.3. The molecule has 2 rings (SSSR count). The fourth-order valence-corrected chi connectivity index (χ4v) is 2.30. The first-order chi connectivity index (χ1) is 8.19. The van der Waals surface area contributed by atoms with Gasteiger partial charge >= 0.3 is 0 Å². The summed E-state index contributed by atoms with van der Waals surface area (Å²) in [6, 6.07) is 2.38. The van der Waals surface area contributed by atoms with E-state index in [1.54, 1.807) is 6.07 Å². The van der Waals surface area contributed by atoms with Crippen LogP contribution >= 0.6 is 11.6 Å². The topological polar surface area (TPSA) is 68.0 Å². The molecule has 1 aromatic heterocycles. The number of nitrogens with two attached hydrogens (primary N) is 1. The summed E-state index contributed by atoms with van der Waals surface area (Å²) in [5, 5.41) is 3.74. The smallest absolute Gasteiger partial charge is 0.153 e. The van der Waals surface area contributed by atoms with Gasteiger partial charge in [0.1, 0.15) is 5.15 Å². The number of nitrogens with zero attached hydrogens (tertiary/aromatic N) is 1. The number of anilines is 1. The molecule has 0 spiro atoms. The number of carbonyl (C=O) groups excluding carboxylic acids is 1. The van der Waals surface area contributed by atoms with Crippen molar-refractivity contribution in [3.8, 4) is 0 Å². The van der Waals surface area contributed by atoms with E-state index < -0.39 is 0 Å². The van der Waals surface area contributed by atoms with Crippen LogP contribution in [-0.4, -0.2) is 23.4 Å². The molecule has 92 valence electrons. The highest BCUT2D eigenvalue weighted by Gasteiger charge is 2.19. The summed E-state index contributed by atoms with van der Waals surface area (Å²) in [7, 11) is 0. The fraction of sp³-hybridized carbons (Fsp3) is 0.500. The van der Waals surface area contributed by atoms with Crippen molar-refractivity contribution in [3.05, 3.63) is 23.0 Å². The minimum Gasteiger partial charge on any atom is -0.382 e. The van der Waals surface area contributed by atoms with Gasteiger partial charge in [0.2, 0.25) is 0 Å². The van der Waals surface area contributed by atoms with Crippen LogP contribution in [0.1, 0.15) is 36.0 Å². The zero-order valence-electron chi connectivity index (χ0n) is 9.53. The van der Waals surface area contributed by atoms with Crippen LogP contribution in [-0.2, 0) is 0 Å². The van der Waals surface area contributed by atoms with E-state index in [9.17, 15) is 4.79 Å². The second-order valence-electron chi connectivity index (χ2n) is 4.47. The highest BCUT2D eigenvalue weighted by molar-refractivity contribution is 6.29. The zero-order valence-corrected chi connectivity index (χ0v) is 10.3. The van der Waals surface area contributed by atoms with Gasteiger partial charge in [0, 0.05) is 24.0 Å². The maximum Gasteiger partial charge on any atom is 0.153 e. The van der Waals surface area contributed by atoms with Gasteiger partial charge in [0.25, 0.3) is 0 Å². The van der Waals surface area contributed by atoms with Crippen LogP contribution in [0.15, 0.2) is 12.3 Å². The number of rotatable bonds is 3. The van der Waals surface area contributed by atoms with Crippen LogP contribution in [0.25, 0.3) is 0 Å². The number of nitrogens with one attached hydrogen (secondary N) is 1. The van der Waals surface area contributed by atoms with Gasteiger partial charge < -0.3 is 11.1 Å². The number of carbonyl (C=O) groups is 1. The average Bonchev–Trinajstić information content (AvgIpc) is 2.32. The Kier molecular flexibility index (Phi) is 3.97. The van der Waals surface area contributed by atoms with E-state index in [1.165, 1.54) is 6.20 Å². The first-order valence-electron chi connectivity index (χ1n) is 5.82. The summed E-state index contributed by atoms with van der Waals surface area (Å²) in [6.45, 7) is 0. The minimum atomic E-state index is 0.319. The largest absolute Gasteiger partial charge is 0.382 e. The number of halogens is 1. The Balaban J connectivity index is 2.07. The summed E-state index contributed by atoms with van der Waals surface area (Å²) < 4.78 is 0. The van der Waals surface area contributed by atoms with E-state index >= 15 is 0 Å². The van der Waals surface area contributed by atoms with Crippen molar-refractivity contribution >= 4 is 23.6 Å². The summed E-state index contributed by atoms with van der Waals surface area (Å²) in [4.78, 5) is 14.8. The van der Waals surface area contributed by atoms with Crippen molar-refractivity contribution in [2.75, 3.05) is 5.32 Å². The Labute approximate surface area is 106 Å². The highest BCUT2D eigenvalue weighted by Crippen LogP contribution is 2.24. The highest BCUT2D eigenvalue weighted by atomic mass is 35.5. The lowest BCUT2D eigenvalue weighted by molar-refractivity contribution is 0.112. The van der Waals surface area contributed by atoms with E-state index in [0.29, 0.717) is 22.8 Å². The van der Waals surface area contributed by atoms with Gasteiger partial charge in [-0.2, -0.15) is 0 Å². The van der Waals surface area contributed by atoms with Gasteiger partial charge in [-0.05, 0) is 31.7 Å². The average molecular weight is 254 g/mol. The third kappa shape index (κ3) is 3.17. The molecule has 0 bridgehead atoms. The molecule has 1 aromatic rings. The molecular formula is C12H16ClN3O. The molecular weight excluding hydrogens is 238 g/mol. The normalized spacial score (nSPS) is 24.4. The van der Waals surface area contributed by atoms with E-state index in [1.807, 2.05) is 0 Å². The lowest BCUT2D eigenvalue weighted by atomic mass is 9.91. The van der Waals surface area contributed by atoms with E-state index in [2.05, 4.69) is 10.3 Å². The molecule has 0 amide bonds. The molecule has 1 heterocycles. The van der Waals surface area contributed by atoms with E-state index in [4.69, 9.17) is 17.3 Å². The van der Waals surface area contributed by atoms with Gasteiger partial charge in [-0.3, -0.25) is 4.79 Å². The maximum absolute atomic E-state index is 10.9. The van der Waals surface area contributed by atoms with Gasteiger partial charge in [-0.25, -0.2) is 4.98 Å². The molecule has 17 heavy (non-hydrogen) atoms. The standard InChI is InChI=1S/C12H16ClN3O/c13-12-5-11(8(7-17)6-15-12)16-10-3-1-9(14)2-4-10/h5-7,9-10H,1-4,14H2,(H,15,16)/t9-,10+. The lowest BCUT2D eigenvalue weighted by Crippen LogP contribution is -2.33. The van der Waals surface area contributed by atoms with Crippen molar-refractivity contribution in [2.45, 2.75) is 37.8 Å². The molecule has 0 atom stereocenters. The Bertz CT molecular complexity index is 403. The van der Waals surface area contributed by atoms with Crippen LogP contribution in [0.3, 0.4) is 0 Å². The van der Waals surface area contributed by atoms with Crippen LogP contribution in [0.4, 0.5) is 5.69 Å². The SMILES string of the molecule is N[C@H]1CC[C@@H](Nc2cc(Cl)ncc2C=O)CC1. The molecule has 1 aliphatic rings. The van der Waals surface area contributed by atoms with Crippen LogP contribution in [0, 0.1) is 0 Å². The summed E-state index contributed by atoms with van der Waals surface area (Å²) in [5.74, 6) is 0. The maximum atomic E-state index is 10.9. The molecule has 0 aliphatic heterocycles. The Hall–Kier alpha value is -1.13. The lowest BCUT2D eigenvalue weighted by Gasteiger charge is -2.28. The van der Waals surface area contributed by atoms with Gasteiger partial charge in [-0.1, -0.05) is 11.6 Å². The van der Waals surface area contributed by atoms with Crippen molar-refractivity contribution in [1.29, 1.82) is 0 Å². The van der Waals surface area contributed by atoms with Gasteiger partial charge in [-0.15, -0.1) is 0 Å². The molecule has 5 heteroatoms. The van der Waals surface area contributed by atoms with Crippen molar-refractivity contribution < 1.29 is 4.79 Å². The molecule has 0 aromatic carbocycles. The molecule has 3 N–H and O–H groups in total. The Morgan fingerprint density at radius 3 is 2.76 bits per heavy atom. The van der Waals surface area contributed by atoms with Crippen molar-refractivity contribution in [2.24, 2.45) is 5.73 Å². The number of aromatic nitrogens is 1. The second-order valence-corrected chi connectivity index (χ2v) is 4.86. The monoisotopic (exact) mass is 253 g/mol. The summed E-state index contributed by atoms with van der Waals surface area (Å²) in [6.07, 6.45) is 6.38. The Morgan fingerprint density at radius 2 is 2.12 bits per heavy atom. The van der Waals surface area contributed by atoms with Gasteiger partial charge in [0.05, 0.1) is 5.56 Å². The van der Waals surface area contributed by atoms with Crippen molar-refractivity contribution in [1.82, 2.24) is 4.98 Å². The predicted octanol–water partition coefficient (Wildman–Crippen LogP) is 2.23. The van der Waals surface area contributed by atoms with Crippen LogP contribution < -0.4 is 11.1 Å². The van der Waals surface area contributed by atoms with E-state index in [-0.39, 0.29) is 0 Å². The molecule has 4 nitrogen and oxygen atoms in total. The third-order valence-electron chi connectivity index (χ3n) is 3.16. The number of pyridine rings is 1. The summed E-state index contributed by atoms with van der Waals surface area (Å²) >= 11 is 5.83. The molecule has 0 radical (unpaired) electrons. The van der Waals surface area contributed by atoms with E-state index in [0.717, 1.165) is 37.7 Å². The quantitative estimate of drug-likeness (QED) is 0.640. The van der Waals surface area contributed by atoms with Crippen molar-refractivity contribution in [3.63, 3.8) is 0 Å². The second kappa shape index (κ2) is 5.47. The summed E-state index contributed by atoms with van der Waals surface area (Å²) in [5.41, 5.74) is 7.17. The van der Waals surface area contributed by atoms with Crippen LogP contribution in [0.2, 0.25) is 5.15 Å². The molecule has 1 saturated carbocycles. The number of aldehydes is 1. The minimum absolute atomic E-state index is 0.319. The Morgan fingerprint density at radius 1 is 1.41 bits per heavy atom. The molecule has 0 saturated heterocycles. The third-order valence-corrected chi connectivity index (χ3v) is 3.37. The fourth-order valence-electron chi connectivity index (χ4n) is 2.14. The van der Waals surface area contributed by atoms with Crippen LogP contribution in [0.5, 0.6) is 0 Å².